The molecule has 2 amide bonds. The van der Waals surface area contributed by atoms with Crippen LogP contribution < -0.4 is 5.32 Å². The molecule has 0 bridgehead atoms. The van der Waals surface area contributed by atoms with Gasteiger partial charge in [0.05, 0.1) is 5.56 Å². The summed E-state index contributed by atoms with van der Waals surface area (Å²) in [6.07, 6.45) is 8.57. The highest BCUT2D eigenvalue weighted by molar-refractivity contribution is 7.89. The standard InChI is InChI=1S/C23H36N4O4S/c1-16-20(23(29)26-12-6-7-13-26)21(17(2)24-16)32(30,31)27-14-10-18(11-15-27)22(28)25-19-8-4-3-5-9-19/h18-19,24H,3-15H2,1-2H3,(H,25,28). The van der Waals surface area contributed by atoms with Crippen LogP contribution in [0.1, 0.15) is 79.5 Å². The predicted octanol–water partition coefficient (Wildman–Crippen LogP) is 2.72. The van der Waals surface area contributed by atoms with Crippen molar-refractivity contribution in [2.75, 3.05) is 26.2 Å². The number of carbonyl (C=O) groups excluding carboxylic acids is 2. The molecule has 1 saturated carbocycles. The number of amides is 2. The van der Waals surface area contributed by atoms with Crippen LogP contribution in [0.2, 0.25) is 0 Å². The van der Waals surface area contributed by atoms with Gasteiger partial charge < -0.3 is 15.2 Å². The van der Waals surface area contributed by atoms with Crippen molar-refractivity contribution in [1.82, 2.24) is 19.5 Å². The van der Waals surface area contributed by atoms with Crippen molar-refractivity contribution < 1.29 is 18.0 Å². The van der Waals surface area contributed by atoms with E-state index in [0.717, 1.165) is 38.5 Å². The number of aromatic nitrogens is 1. The maximum atomic E-state index is 13.6. The summed E-state index contributed by atoms with van der Waals surface area (Å²) in [5.74, 6) is -0.291. The van der Waals surface area contributed by atoms with Gasteiger partial charge in [0.1, 0.15) is 4.90 Å². The zero-order chi connectivity index (χ0) is 22.9. The number of likely N-dealkylation sites (tertiary alicyclic amines) is 1. The molecular formula is C23H36N4O4S. The van der Waals surface area contributed by atoms with Gasteiger partial charge in [0.2, 0.25) is 15.9 Å². The molecule has 0 aromatic carbocycles. The molecule has 1 aromatic rings. The minimum absolute atomic E-state index is 0.0625. The first-order valence-electron chi connectivity index (χ1n) is 12.1. The normalized spacial score (nSPS) is 21.8. The van der Waals surface area contributed by atoms with Crippen LogP contribution >= 0.6 is 0 Å². The monoisotopic (exact) mass is 464 g/mol. The average molecular weight is 465 g/mol. The Hall–Kier alpha value is -1.87. The highest BCUT2D eigenvalue weighted by Gasteiger charge is 2.38. The summed E-state index contributed by atoms with van der Waals surface area (Å²) in [5.41, 5.74) is 1.38. The fraction of sp³-hybridized carbons (Fsp3) is 0.739. The second kappa shape index (κ2) is 9.55. The number of nitrogens with one attached hydrogen (secondary N) is 2. The van der Waals surface area contributed by atoms with Crippen molar-refractivity contribution in [3.8, 4) is 0 Å². The third kappa shape index (κ3) is 4.59. The molecule has 1 aromatic heterocycles. The van der Waals surface area contributed by atoms with Crippen LogP contribution in [-0.2, 0) is 14.8 Å². The Morgan fingerprint density at radius 1 is 0.875 bits per heavy atom. The first-order chi connectivity index (χ1) is 15.3. The van der Waals surface area contributed by atoms with Crippen LogP contribution in [0.3, 0.4) is 0 Å². The molecule has 2 aliphatic heterocycles. The molecule has 0 atom stereocenters. The van der Waals surface area contributed by atoms with Gasteiger partial charge in [-0.25, -0.2) is 8.42 Å². The van der Waals surface area contributed by atoms with Crippen LogP contribution in [0.25, 0.3) is 0 Å². The van der Waals surface area contributed by atoms with E-state index in [9.17, 15) is 18.0 Å². The lowest BCUT2D eigenvalue weighted by Crippen LogP contribution is -2.46. The highest BCUT2D eigenvalue weighted by atomic mass is 32.2. The lowest BCUT2D eigenvalue weighted by molar-refractivity contribution is -0.127. The van der Waals surface area contributed by atoms with E-state index >= 15 is 0 Å². The third-order valence-corrected chi connectivity index (χ3v) is 9.37. The van der Waals surface area contributed by atoms with Gasteiger partial charge in [0, 0.05) is 49.5 Å². The van der Waals surface area contributed by atoms with Crippen LogP contribution in [0, 0.1) is 19.8 Å². The average Bonchev–Trinajstić information content (AvgIpc) is 3.42. The second-order valence-corrected chi connectivity index (χ2v) is 11.5. The van der Waals surface area contributed by atoms with Gasteiger partial charge in [0.15, 0.2) is 0 Å². The van der Waals surface area contributed by atoms with Gasteiger partial charge in [0.25, 0.3) is 5.91 Å². The summed E-state index contributed by atoms with van der Waals surface area (Å²) in [6, 6.07) is 0.266. The minimum atomic E-state index is -3.83. The van der Waals surface area contributed by atoms with Crippen molar-refractivity contribution in [1.29, 1.82) is 0 Å². The molecule has 9 heteroatoms. The molecule has 8 nitrogen and oxygen atoms in total. The second-order valence-electron chi connectivity index (χ2n) is 9.60. The van der Waals surface area contributed by atoms with E-state index in [1.54, 1.807) is 18.7 Å². The number of hydrogen-bond acceptors (Lipinski definition) is 4. The number of H-pyrrole nitrogens is 1. The summed E-state index contributed by atoms with van der Waals surface area (Å²) < 4.78 is 28.6. The maximum Gasteiger partial charge on any atom is 0.257 e. The van der Waals surface area contributed by atoms with E-state index in [0.29, 0.717) is 50.4 Å². The zero-order valence-corrected chi connectivity index (χ0v) is 20.1. The Labute approximate surface area is 191 Å². The molecule has 3 heterocycles. The molecular weight excluding hydrogens is 428 g/mol. The molecule has 32 heavy (non-hydrogen) atoms. The van der Waals surface area contributed by atoms with Crippen molar-refractivity contribution in [3.63, 3.8) is 0 Å². The molecule has 0 spiro atoms. The summed E-state index contributed by atoms with van der Waals surface area (Å²) in [5, 5.41) is 3.18. The van der Waals surface area contributed by atoms with E-state index in [1.165, 1.54) is 10.7 Å². The Kier molecular flexibility index (Phi) is 6.95. The minimum Gasteiger partial charge on any atom is -0.361 e. The number of hydrogen-bond donors (Lipinski definition) is 2. The van der Waals surface area contributed by atoms with Crippen LogP contribution in [0.4, 0.5) is 0 Å². The number of carbonyl (C=O) groups is 2. The summed E-state index contributed by atoms with van der Waals surface area (Å²) in [7, 11) is -3.83. The fourth-order valence-electron chi connectivity index (χ4n) is 5.47. The Morgan fingerprint density at radius 3 is 2.12 bits per heavy atom. The van der Waals surface area contributed by atoms with Gasteiger partial charge in [-0.2, -0.15) is 4.31 Å². The smallest absolute Gasteiger partial charge is 0.257 e. The number of piperidine rings is 1. The Bertz CT molecular complexity index is 951. The van der Waals surface area contributed by atoms with Crippen molar-refractivity contribution in [2.24, 2.45) is 5.92 Å². The van der Waals surface area contributed by atoms with E-state index in [4.69, 9.17) is 0 Å². The molecule has 0 radical (unpaired) electrons. The lowest BCUT2D eigenvalue weighted by Gasteiger charge is -2.32. The zero-order valence-electron chi connectivity index (χ0n) is 19.3. The van der Waals surface area contributed by atoms with Gasteiger partial charge >= 0.3 is 0 Å². The number of rotatable bonds is 5. The van der Waals surface area contributed by atoms with Gasteiger partial charge in [-0.15, -0.1) is 0 Å². The van der Waals surface area contributed by atoms with E-state index in [2.05, 4.69) is 10.3 Å². The number of sulfonamides is 1. The molecule has 0 unspecified atom stereocenters. The summed E-state index contributed by atoms with van der Waals surface area (Å²) >= 11 is 0. The van der Waals surface area contributed by atoms with Crippen LogP contribution in [0.5, 0.6) is 0 Å². The quantitative estimate of drug-likeness (QED) is 0.699. The number of aryl methyl sites for hydroxylation is 2. The van der Waals surface area contributed by atoms with E-state index in [1.807, 2.05) is 0 Å². The molecule has 1 aliphatic carbocycles. The molecule has 2 saturated heterocycles. The topological polar surface area (TPSA) is 103 Å². The molecule has 4 rings (SSSR count). The Morgan fingerprint density at radius 2 is 1.50 bits per heavy atom. The third-order valence-electron chi connectivity index (χ3n) is 7.30. The lowest BCUT2D eigenvalue weighted by atomic mass is 9.93. The van der Waals surface area contributed by atoms with Crippen molar-refractivity contribution in [2.45, 2.75) is 82.6 Å². The van der Waals surface area contributed by atoms with Crippen LogP contribution in [0.15, 0.2) is 4.90 Å². The molecule has 2 N–H and O–H groups in total. The number of nitrogens with zero attached hydrogens (tertiary/aromatic N) is 2. The largest absolute Gasteiger partial charge is 0.361 e. The van der Waals surface area contributed by atoms with Gasteiger partial charge in [-0.05, 0) is 52.4 Å². The maximum absolute atomic E-state index is 13.6. The van der Waals surface area contributed by atoms with E-state index in [-0.39, 0.29) is 34.2 Å². The van der Waals surface area contributed by atoms with E-state index < -0.39 is 10.0 Å². The molecule has 178 valence electrons. The fourth-order valence-corrected chi connectivity index (χ4v) is 7.36. The molecule has 3 aliphatic rings. The highest BCUT2D eigenvalue weighted by Crippen LogP contribution is 2.31. The Balaban J connectivity index is 1.46. The van der Waals surface area contributed by atoms with Crippen molar-refractivity contribution >= 4 is 21.8 Å². The molecule has 3 fully saturated rings. The van der Waals surface area contributed by atoms with Crippen molar-refractivity contribution in [3.05, 3.63) is 17.0 Å². The van der Waals surface area contributed by atoms with Crippen LogP contribution in [-0.4, -0.2) is 66.6 Å². The SMILES string of the molecule is Cc1[nH]c(C)c(S(=O)(=O)N2CCC(C(=O)NC3CCCCC3)CC2)c1C(=O)N1CCCC1. The summed E-state index contributed by atoms with van der Waals surface area (Å²) in [4.78, 5) is 30.8. The predicted molar refractivity (Wildman–Crippen MR) is 122 cm³/mol. The first-order valence-corrected chi connectivity index (χ1v) is 13.5. The summed E-state index contributed by atoms with van der Waals surface area (Å²) in [6.45, 7) is 5.41. The van der Waals surface area contributed by atoms with Gasteiger partial charge in [-0.3, -0.25) is 9.59 Å². The number of aromatic amines is 1. The first kappa shape index (κ1) is 23.3. The van der Waals surface area contributed by atoms with Gasteiger partial charge in [-0.1, -0.05) is 19.3 Å².